The van der Waals surface area contributed by atoms with Crippen molar-refractivity contribution in [1.29, 1.82) is 0 Å². The molecular formula is C16H25ClN2O5S. The number of methoxy groups -OCH3 is 2. The van der Waals surface area contributed by atoms with Gasteiger partial charge in [-0.05, 0) is 50.6 Å². The summed E-state index contributed by atoms with van der Waals surface area (Å²) in [5, 5.41) is 3.13. The van der Waals surface area contributed by atoms with Crippen molar-refractivity contribution in [3.8, 4) is 5.75 Å². The summed E-state index contributed by atoms with van der Waals surface area (Å²) in [5.41, 5.74) is 0.251. The minimum absolute atomic E-state index is 0. The number of rotatable bonds is 6. The highest BCUT2D eigenvalue weighted by Gasteiger charge is 2.31. The van der Waals surface area contributed by atoms with Gasteiger partial charge in [-0.2, -0.15) is 4.31 Å². The van der Waals surface area contributed by atoms with Crippen LogP contribution in [0.3, 0.4) is 0 Å². The maximum atomic E-state index is 12.9. The van der Waals surface area contributed by atoms with E-state index in [9.17, 15) is 13.2 Å². The van der Waals surface area contributed by atoms with Crippen LogP contribution in [0.15, 0.2) is 23.1 Å². The minimum Gasteiger partial charge on any atom is -0.495 e. The van der Waals surface area contributed by atoms with Gasteiger partial charge in [0.2, 0.25) is 10.0 Å². The molecule has 0 aromatic heterocycles. The first kappa shape index (κ1) is 21.7. The fourth-order valence-corrected chi connectivity index (χ4v) is 4.51. The van der Waals surface area contributed by atoms with E-state index in [0.717, 1.165) is 19.4 Å². The first-order valence-electron chi connectivity index (χ1n) is 7.85. The fraction of sp³-hybridized carbons (Fsp3) is 0.562. The normalized spacial score (nSPS) is 16.1. The Kier molecular flexibility index (Phi) is 8.14. The number of carbonyl (C=O) groups excluding carboxylic acids is 1. The lowest BCUT2D eigenvalue weighted by atomic mass is 9.98. The molecule has 0 bridgehead atoms. The van der Waals surface area contributed by atoms with E-state index in [-0.39, 0.29) is 28.6 Å². The molecule has 0 spiro atoms. The Hall–Kier alpha value is -1.35. The highest BCUT2D eigenvalue weighted by Crippen LogP contribution is 2.30. The lowest BCUT2D eigenvalue weighted by molar-refractivity contribution is 0.0600. The monoisotopic (exact) mass is 392 g/mol. The lowest BCUT2D eigenvalue weighted by Gasteiger charge is -2.31. The summed E-state index contributed by atoms with van der Waals surface area (Å²) < 4.78 is 37.1. The number of piperidine rings is 1. The van der Waals surface area contributed by atoms with Gasteiger partial charge in [0.05, 0.1) is 19.8 Å². The molecule has 9 heteroatoms. The second-order valence-electron chi connectivity index (χ2n) is 5.76. The molecule has 1 aliphatic heterocycles. The number of ether oxygens (including phenoxy) is 2. The Morgan fingerprint density at radius 3 is 2.44 bits per heavy atom. The number of nitrogens with one attached hydrogen (secondary N) is 1. The molecule has 0 unspecified atom stereocenters. The van der Waals surface area contributed by atoms with Gasteiger partial charge >= 0.3 is 5.97 Å². The highest BCUT2D eigenvalue weighted by molar-refractivity contribution is 7.89. The topological polar surface area (TPSA) is 84.9 Å². The SMILES string of the molecule is CNCC1CCN(S(=O)(=O)c2ccc(C(=O)OC)cc2OC)CC1.Cl. The maximum absolute atomic E-state index is 12.9. The van der Waals surface area contributed by atoms with Crippen LogP contribution >= 0.6 is 12.4 Å². The second kappa shape index (κ2) is 9.38. The van der Waals surface area contributed by atoms with Crippen LogP contribution in [-0.2, 0) is 14.8 Å². The molecule has 0 saturated carbocycles. The van der Waals surface area contributed by atoms with Crippen LogP contribution in [0, 0.1) is 5.92 Å². The van der Waals surface area contributed by atoms with Crippen LogP contribution < -0.4 is 10.1 Å². The van der Waals surface area contributed by atoms with Crippen molar-refractivity contribution in [3.05, 3.63) is 23.8 Å². The molecule has 0 atom stereocenters. The van der Waals surface area contributed by atoms with Crippen molar-refractivity contribution >= 4 is 28.4 Å². The predicted octanol–water partition coefficient (Wildman–Crippen LogP) is 1.52. The zero-order valence-corrected chi connectivity index (χ0v) is 16.3. The molecule has 1 aromatic carbocycles. The van der Waals surface area contributed by atoms with E-state index >= 15 is 0 Å². The summed E-state index contributed by atoms with van der Waals surface area (Å²) in [5.74, 6) is 0.102. The zero-order valence-electron chi connectivity index (χ0n) is 14.6. The lowest BCUT2D eigenvalue weighted by Crippen LogP contribution is -2.40. The predicted molar refractivity (Wildman–Crippen MR) is 97.0 cm³/mol. The number of esters is 1. The molecule has 1 aliphatic rings. The third-order valence-corrected chi connectivity index (χ3v) is 6.21. The van der Waals surface area contributed by atoms with Crippen LogP contribution in [0.4, 0.5) is 0 Å². The van der Waals surface area contributed by atoms with E-state index in [1.165, 1.54) is 36.7 Å². The Labute approximate surface area is 155 Å². The molecule has 25 heavy (non-hydrogen) atoms. The van der Waals surface area contributed by atoms with Crippen molar-refractivity contribution in [2.45, 2.75) is 17.7 Å². The molecule has 1 heterocycles. The smallest absolute Gasteiger partial charge is 0.337 e. The standard InChI is InChI=1S/C16H24N2O5S.ClH/c1-17-11-12-6-8-18(9-7-12)24(20,21)15-5-4-13(16(19)23-3)10-14(15)22-2;/h4-5,10,12,17H,6-9,11H2,1-3H3;1H. The first-order valence-corrected chi connectivity index (χ1v) is 9.29. The molecule has 1 saturated heterocycles. The Morgan fingerprint density at radius 1 is 1.28 bits per heavy atom. The molecular weight excluding hydrogens is 368 g/mol. The summed E-state index contributed by atoms with van der Waals surface area (Å²) in [6, 6.07) is 4.24. The van der Waals surface area contributed by atoms with Crippen molar-refractivity contribution in [1.82, 2.24) is 9.62 Å². The van der Waals surface area contributed by atoms with Gasteiger partial charge in [0.15, 0.2) is 0 Å². The third-order valence-electron chi connectivity index (χ3n) is 4.27. The van der Waals surface area contributed by atoms with Gasteiger partial charge in [0.1, 0.15) is 10.6 Å². The van der Waals surface area contributed by atoms with E-state index in [4.69, 9.17) is 4.74 Å². The van der Waals surface area contributed by atoms with Crippen LogP contribution in [0.25, 0.3) is 0 Å². The average molecular weight is 393 g/mol. The summed E-state index contributed by atoms with van der Waals surface area (Å²) in [6.07, 6.45) is 1.64. The van der Waals surface area contributed by atoms with Gasteiger partial charge in [-0.25, -0.2) is 13.2 Å². The van der Waals surface area contributed by atoms with E-state index < -0.39 is 16.0 Å². The summed E-state index contributed by atoms with van der Waals surface area (Å²) in [6.45, 7) is 1.86. The molecule has 1 fully saturated rings. The van der Waals surface area contributed by atoms with Gasteiger partial charge in [-0.15, -0.1) is 12.4 Å². The summed E-state index contributed by atoms with van der Waals surface area (Å²) >= 11 is 0. The van der Waals surface area contributed by atoms with Crippen molar-refractivity contribution in [2.75, 3.05) is 40.9 Å². The van der Waals surface area contributed by atoms with Gasteiger partial charge in [0, 0.05) is 13.1 Å². The van der Waals surface area contributed by atoms with E-state index in [1.54, 1.807) is 0 Å². The Morgan fingerprint density at radius 2 is 1.92 bits per heavy atom. The van der Waals surface area contributed by atoms with Crippen LogP contribution in [0.5, 0.6) is 5.75 Å². The number of benzene rings is 1. The minimum atomic E-state index is -3.66. The van der Waals surface area contributed by atoms with Crippen molar-refractivity contribution < 1.29 is 22.7 Å². The number of carbonyl (C=O) groups is 1. The maximum Gasteiger partial charge on any atom is 0.337 e. The molecule has 1 N–H and O–H groups in total. The summed E-state index contributed by atoms with van der Waals surface area (Å²) in [7, 11) is 0.899. The van der Waals surface area contributed by atoms with E-state index in [0.29, 0.717) is 19.0 Å². The quantitative estimate of drug-likeness (QED) is 0.739. The average Bonchev–Trinajstić information content (AvgIpc) is 2.61. The molecule has 1 aromatic rings. The van der Waals surface area contributed by atoms with Crippen LogP contribution in [-0.4, -0.2) is 59.6 Å². The number of hydrogen-bond donors (Lipinski definition) is 1. The van der Waals surface area contributed by atoms with E-state index in [1.807, 2.05) is 7.05 Å². The fourth-order valence-electron chi connectivity index (χ4n) is 2.91. The molecule has 0 amide bonds. The number of nitrogens with zero attached hydrogens (tertiary/aromatic N) is 1. The van der Waals surface area contributed by atoms with Crippen molar-refractivity contribution in [2.24, 2.45) is 5.92 Å². The van der Waals surface area contributed by atoms with Crippen molar-refractivity contribution in [3.63, 3.8) is 0 Å². The molecule has 7 nitrogen and oxygen atoms in total. The van der Waals surface area contributed by atoms with Crippen LogP contribution in [0.1, 0.15) is 23.2 Å². The highest BCUT2D eigenvalue weighted by atomic mass is 35.5. The molecule has 2 rings (SSSR count). The van der Waals surface area contributed by atoms with E-state index in [2.05, 4.69) is 10.1 Å². The molecule has 0 radical (unpaired) electrons. The summed E-state index contributed by atoms with van der Waals surface area (Å²) in [4.78, 5) is 11.7. The van der Waals surface area contributed by atoms with Gasteiger partial charge in [-0.3, -0.25) is 0 Å². The number of hydrogen-bond acceptors (Lipinski definition) is 6. The molecule has 142 valence electrons. The number of halogens is 1. The first-order chi connectivity index (χ1) is 11.4. The Bertz CT molecular complexity index is 688. The second-order valence-corrected chi connectivity index (χ2v) is 7.67. The number of sulfonamides is 1. The van der Waals surface area contributed by atoms with Gasteiger partial charge < -0.3 is 14.8 Å². The zero-order chi connectivity index (χ0) is 17.7. The third kappa shape index (κ3) is 4.84. The van der Waals surface area contributed by atoms with Gasteiger partial charge in [0.25, 0.3) is 0 Å². The Balaban J connectivity index is 0.00000312. The van der Waals surface area contributed by atoms with Crippen LogP contribution in [0.2, 0.25) is 0 Å². The van der Waals surface area contributed by atoms with Gasteiger partial charge in [-0.1, -0.05) is 0 Å². The molecule has 0 aliphatic carbocycles. The largest absolute Gasteiger partial charge is 0.495 e.